The maximum atomic E-state index is 13.0. The molecule has 0 bridgehead atoms. The summed E-state index contributed by atoms with van der Waals surface area (Å²) in [5.74, 6) is 2.03. The van der Waals surface area contributed by atoms with E-state index in [2.05, 4.69) is 36.5 Å². The van der Waals surface area contributed by atoms with Gasteiger partial charge in [-0.15, -0.1) is 0 Å². The Bertz CT molecular complexity index is 3180. The molecule has 6 heterocycles. The fourth-order valence-corrected chi connectivity index (χ4v) is 8.80. The molecule has 2 saturated heterocycles. The van der Waals surface area contributed by atoms with Gasteiger partial charge in [0, 0.05) is 73.6 Å². The lowest BCUT2D eigenvalue weighted by atomic mass is 9.98. The van der Waals surface area contributed by atoms with Crippen LogP contribution in [0.15, 0.2) is 143 Å². The van der Waals surface area contributed by atoms with Gasteiger partial charge < -0.3 is 52.8 Å². The minimum Gasteiger partial charge on any atom is -0.492 e. The molecule has 4 aromatic carbocycles. The molecule has 2 fully saturated rings. The molecule has 19 heteroatoms. The SMILES string of the molecule is C.CN(C)CCOc1ccc(-c2oc3nccc(N[C@@H]4CCCO4)c3c2-c2ccccc2)cc1.CN(C)CCOc1ccc(-c2oc3nccc(OS(=O)(=O)C(F)(F)F)c3c2-c2ccccc2)cc1.NC[C@@H]1CCCO1. The number of hydrogen-bond donors (Lipinski definition) is 2. The number of alkyl halides is 3. The van der Waals surface area contributed by atoms with Crippen molar-refractivity contribution in [1.82, 2.24) is 19.8 Å². The summed E-state index contributed by atoms with van der Waals surface area (Å²) in [5.41, 5.74) is 5.84. The zero-order chi connectivity index (χ0) is 53.0. The van der Waals surface area contributed by atoms with Crippen molar-refractivity contribution in [3.05, 3.63) is 134 Å². The zero-order valence-corrected chi connectivity index (χ0v) is 43.0. The van der Waals surface area contributed by atoms with Crippen LogP contribution in [0, 0.1) is 0 Å². The topological polar surface area (TPSA) is 177 Å². The summed E-state index contributed by atoms with van der Waals surface area (Å²) in [7, 11) is 2.04. The summed E-state index contributed by atoms with van der Waals surface area (Å²) in [6, 6.07) is 37.1. The molecular weight excluding hydrogens is 1000 g/mol. The maximum Gasteiger partial charge on any atom is 0.534 e. The largest absolute Gasteiger partial charge is 0.534 e. The summed E-state index contributed by atoms with van der Waals surface area (Å²) < 4.78 is 102. The van der Waals surface area contributed by atoms with Crippen LogP contribution in [-0.4, -0.2) is 120 Å². The number of rotatable bonds is 17. The fraction of sp³-hybridized carbons (Fsp3) is 0.333. The number of fused-ring (bicyclic) bond motifs is 2. The molecule has 0 amide bonds. The van der Waals surface area contributed by atoms with E-state index in [4.69, 9.17) is 33.5 Å². The number of nitrogens with two attached hydrogens (primary N) is 1. The Kier molecular flexibility index (Phi) is 19.5. The number of furan rings is 2. The Hall–Kier alpha value is -7.00. The third-order valence-corrected chi connectivity index (χ3v) is 13.1. The van der Waals surface area contributed by atoms with Gasteiger partial charge >= 0.3 is 15.6 Å². The predicted octanol–water partition coefficient (Wildman–Crippen LogP) is 11.7. The van der Waals surface area contributed by atoms with Gasteiger partial charge in [0.2, 0.25) is 11.4 Å². The molecule has 3 N–H and O–H groups in total. The highest BCUT2D eigenvalue weighted by Crippen LogP contribution is 2.46. The first-order valence-corrected chi connectivity index (χ1v) is 26.0. The molecule has 8 aromatic rings. The third-order valence-electron chi connectivity index (χ3n) is 12.1. The first kappa shape index (κ1) is 56.7. The van der Waals surface area contributed by atoms with Gasteiger partial charge in [-0.1, -0.05) is 68.1 Å². The number of likely N-dealkylation sites (N-methyl/N-ethyl adjacent to an activating group) is 2. The highest BCUT2D eigenvalue weighted by atomic mass is 32.2. The van der Waals surface area contributed by atoms with Crippen molar-refractivity contribution in [2.75, 3.05) is 79.6 Å². The smallest absolute Gasteiger partial charge is 0.492 e. The lowest BCUT2D eigenvalue weighted by Gasteiger charge is -2.14. The maximum absolute atomic E-state index is 13.0. The second kappa shape index (κ2) is 26.2. The molecule has 10 rings (SSSR count). The average Bonchev–Trinajstić information content (AvgIpc) is 4.26. The van der Waals surface area contributed by atoms with Gasteiger partial charge in [-0.2, -0.15) is 21.6 Å². The van der Waals surface area contributed by atoms with Crippen molar-refractivity contribution in [3.63, 3.8) is 0 Å². The predicted molar refractivity (Wildman–Crippen MR) is 291 cm³/mol. The molecule has 2 aliphatic heterocycles. The first-order chi connectivity index (χ1) is 36.2. The number of halogens is 3. The van der Waals surface area contributed by atoms with Gasteiger partial charge in [-0.05, 0) is 120 Å². The molecule has 404 valence electrons. The summed E-state index contributed by atoms with van der Waals surface area (Å²) in [5, 5.41) is 4.53. The molecule has 2 atom stereocenters. The average molecular weight is 1070 g/mol. The summed E-state index contributed by atoms with van der Waals surface area (Å²) >= 11 is 0. The van der Waals surface area contributed by atoms with Crippen molar-refractivity contribution < 1.29 is 53.6 Å². The van der Waals surface area contributed by atoms with E-state index < -0.39 is 21.4 Å². The van der Waals surface area contributed by atoms with Crippen LogP contribution in [0.4, 0.5) is 18.9 Å². The van der Waals surface area contributed by atoms with Crippen LogP contribution in [0.25, 0.3) is 67.1 Å². The molecule has 0 spiro atoms. The number of pyridine rings is 2. The quantitative estimate of drug-likeness (QED) is 0.0650. The first-order valence-electron chi connectivity index (χ1n) is 24.6. The minimum absolute atomic E-state index is 0. The van der Waals surface area contributed by atoms with Crippen LogP contribution in [-0.2, 0) is 19.6 Å². The molecule has 0 saturated carbocycles. The second-order valence-corrected chi connectivity index (χ2v) is 19.8. The molecule has 2 aliphatic rings. The van der Waals surface area contributed by atoms with Gasteiger partial charge in [0.25, 0.3) is 0 Å². The third kappa shape index (κ3) is 14.3. The lowest BCUT2D eigenvalue weighted by Crippen LogP contribution is -2.28. The minimum atomic E-state index is -5.91. The van der Waals surface area contributed by atoms with E-state index in [1.54, 1.807) is 60.8 Å². The van der Waals surface area contributed by atoms with E-state index in [0.717, 1.165) is 97.1 Å². The summed E-state index contributed by atoms with van der Waals surface area (Å²) in [4.78, 5) is 12.7. The van der Waals surface area contributed by atoms with Crippen LogP contribution in [0.5, 0.6) is 17.2 Å². The Labute approximate surface area is 441 Å². The second-order valence-electron chi connectivity index (χ2n) is 18.2. The molecule has 0 unspecified atom stereocenters. The van der Waals surface area contributed by atoms with Gasteiger partial charge in [0.15, 0.2) is 5.75 Å². The normalized spacial score (nSPS) is 15.4. The monoisotopic (exact) mass is 1070 g/mol. The van der Waals surface area contributed by atoms with E-state index in [-0.39, 0.29) is 24.8 Å². The highest BCUT2D eigenvalue weighted by Gasteiger charge is 2.49. The van der Waals surface area contributed by atoms with Crippen LogP contribution >= 0.6 is 0 Å². The van der Waals surface area contributed by atoms with Crippen LogP contribution < -0.4 is 24.7 Å². The molecule has 15 nitrogen and oxygen atoms in total. The van der Waals surface area contributed by atoms with E-state index in [0.29, 0.717) is 59.8 Å². The molecule has 4 aromatic heterocycles. The molecule has 0 aliphatic carbocycles. The number of hydrogen-bond acceptors (Lipinski definition) is 15. The zero-order valence-electron chi connectivity index (χ0n) is 42.2. The van der Waals surface area contributed by atoms with Crippen molar-refractivity contribution >= 4 is 38.0 Å². The van der Waals surface area contributed by atoms with Crippen LogP contribution in [0.3, 0.4) is 0 Å². The standard InChI is InChI=1S/C27H29N3O3.C24H21F3N2O5S.C5H11NO.CH4/c1-30(2)16-18-31-21-12-10-20(11-13-21)26-24(19-7-4-3-5-8-19)25-22(14-15-28-27(25)33-26)29-23-9-6-17-32-23;1-29(2)14-15-32-18-10-8-17(9-11-18)22-20(16-6-4-3-5-7-16)21-19(12-13-28-23(21)33-22)34-35(30,31)24(25,26)27;6-4-5-2-1-3-7-5;/h3-5,7-8,10-15,23H,6,9,16-18H2,1-2H3,(H,28,29);3-13H,14-15H2,1-2H3;5H,1-4,6H2;1H4/t23-;;5-;/m0.0./s1. The Morgan fingerprint density at radius 3 is 1.58 bits per heavy atom. The van der Waals surface area contributed by atoms with Crippen molar-refractivity contribution in [2.45, 2.75) is 51.0 Å². The van der Waals surface area contributed by atoms with Gasteiger partial charge in [-0.25, -0.2) is 9.97 Å². The van der Waals surface area contributed by atoms with E-state index >= 15 is 0 Å². The van der Waals surface area contributed by atoms with Gasteiger partial charge in [-0.3, -0.25) is 0 Å². The Morgan fingerprint density at radius 2 is 1.13 bits per heavy atom. The van der Waals surface area contributed by atoms with Crippen LogP contribution in [0.1, 0.15) is 33.1 Å². The van der Waals surface area contributed by atoms with E-state index in [1.807, 2.05) is 81.6 Å². The van der Waals surface area contributed by atoms with Gasteiger partial charge in [0.05, 0.1) is 22.6 Å². The number of anilines is 1. The number of nitrogens with zero attached hydrogens (tertiary/aromatic N) is 4. The summed E-state index contributed by atoms with van der Waals surface area (Å²) in [6.45, 7) is 5.15. The summed E-state index contributed by atoms with van der Waals surface area (Å²) in [6.07, 6.45) is 7.70. The van der Waals surface area contributed by atoms with Gasteiger partial charge in [0.1, 0.15) is 42.5 Å². The van der Waals surface area contributed by atoms with Crippen molar-refractivity contribution in [1.29, 1.82) is 0 Å². The number of aromatic nitrogens is 2. The van der Waals surface area contributed by atoms with E-state index in [1.165, 1.54) is 6.42 Å². The Balaban J connectivity index is 0.000000194. The highest BCUT2D eigenvalue weighted by molar-refractivity contribution is 7.88. The van der Waals surface area contributed by atoms with Crippen LogP contribution in [0.2, 0.25) is 0 Å². The number of benzene rings is 4. The lowest BCUT2D eigenvalue weighted by molar-refractivity contribution is -0.0499. The number of ether oxygens (including phenoxy) is 4. The van der Waals surface area contributed by atoms with Crippen molar-refractivity contribution in [3.8, 4) is 62.1 Å². The molecule has 0 radical (unpaired) electrons. The molecule has 76 heavy (non-hydrogen) atoms. The molecular formula is C57H65F3N6O9S. The van der Waals surface area contributed by atoms with Crippen molar-refractivity contribution in [2.24, 2.45) is 5.73 Å². The van der Waals surface area contributed by atoms with E-state index in [9.17, 15) is 21.6 Å². The number of nitrogens with one attached hydrogen (secondary N) is 1. The Morgan fingerprint density at radius 1 is 0.645 bits per heavy atom. The fourth-order valence-electron chi connectivity index (χ4n) is 8.33.